The molecule has 3 atom stereocenters. The van der Waals surface area contributed by atoms with Crippen LogP contribution in [0.25, 0.3) is 0 Å². The Morgan fingerprint density at radius 2 is 1.68 bits per heavy atom. The molecule has 13 heteroatoms. The molecule has 0 aliphatic carbocycles. The molecule has 4 N–H and O–H groups in total. The maximum absolute atomic E-state index is 13.1. The molecule has 1 aromatic carbocycles. The van der Waals surface area contributed by atoms with Gasteiger partial charge in [-0.2, -0.15) is 0 Å². The number of carbonyl (C=O) groups is 6. The highest BCUT2D eigenvalue weighted by atomic mass is 16.6. The molecular formula is C28H37N3O10. The zero-order valence-corrected chi connectivity index (χ0v) is 23.4. The van der Waals surface area contributed by atoms with E-state index in [1.165, 1.54) is 0 Å². The van der Waals surface area contributed by atoms with Crippen molar-refractivity contribution in [2.24, 2.45) is 5.92 Å². The Bertz CT molecular complexity index is 1130. The van der Waals surface area contributed by atoms with Gasteiger partial charge in [-0.05, 0) is 49.3 Å². The zero-order valence-electron chi connectivity index (χ0n) is 23.4. The van der Waals surface area contributed by atoms with Crippen molar-refractivity contribution in [3.8, 4) is 5.75 Å². The number of amides is 3. The minimum atomic E-state index is -1.52. The van der Waals surface area contributed by atoms with Gasteiger partial charge in [0.2, 0.25) is 5.91 Å². The number of nitrogens with one attached hydrogen (secondary N) is 3. The lowest BCUT2D eigenvalue weighted by Gasteiger charge is -2.28. The molecule has 0 saturated carbocycles. The van der Waals surface area contributed by atoms with Crippen molar-refractivity contribution in [3.63, 3.8) is 0 Å². The smallest absolute Gasteiger partial charge is 0.333 e. The van der Waals surface area contributed by atoms with E-state index < -0.39 is 72.0 Å². The summed E-state index contributed by atoms with van der Waals surface area (Å²) in [5.74, 6) is -5.01. The van der Waals surface area contributed by atoms with Crippen molar-refractivity contribution in [2.45, 2.75) is 70.6 Å². The van der Waals surface area contributed by atoms with Crippen LogP contribution in [0.3, 0.4) is 0 Å². The maximum Gasteiger partial charge on any atom is 0.333 e. The molecule has 1 saturated heterocycles. The molecule has 2 rings (SSSR count). The quantitative estimate of drug-likeness (QED) is 0.207. The number of carboxylic acids is 1. The summed E-state index contributed by atoms with van der Waals surface area (Å²) >= 11 is 0. The Kier molecular flexibility index (Phi) is 12.8. The number of carbonyl (C=O) groups excluding carboxylic acids is 5. The minimum absolute atomic E-state index is 0.0231. The number of rotatable bonds is 12. The molecule has 1 fully saturated rings. The van der Waals surface area contributed by atoms with Crippen LogP contribution in [0, 0.1) is 5.92 Å². The van der Waals surface area contributed by atoms with Crippen LogP contribution in [0.2, 0.25) is 0 Å². The lowest BCUT2D eigenvalue weighted by molar-refractivity contribution is -0.164. The van der Waals surface area contributed by atoms with Crippen LogP contribution in [-0.4, -0.2) is 72.6 Å². The molecule has 1 aromatic rings. The first kappa shape index (κ1) is 32.8. The third-order valence-electron chi connectivity index (χ3n) is 6.18. The lowest BCUT2D eigenvalue weighted by atomic mass is 10.0. The van der Waals surface area contributed by atoms with E-state index in [1.807, 2.05) is 24.3 Å². The fourth-order valence-electron chi connectivity index (χ4n) is 3.86. The summed E-state index contributed by atoms with van der Waals surface area (Å²) in [7, 11) is 1.57. The Hall–Kier alpha value is -4.42. The Morgan fingerprint density at radius 3 is 2.29 bits per heavy atom. The SMILES string of the molecule is C=C1NC(=O)[C@H](CCCc2ccc(OC)cc2)NC(=O)[C@H](C(C)C)OC(=O)[C@H](COC(=O)CCCC(=O)O)NC1=O. The van der Waals surface area contributed by atoms with E-state index in [1.54, 1.807) is 21.0 Å². The fraction of sp³-hybridized carbons (Fsp3) is 0.500. The van der Waals surface area contributed by atoms with Crippen LogP contribution in [0.1, 0.15) is 51.5 Å². The van der Waals surface area contributed by atoms with Crippen molar-refractivity contribution in [3.05, 3.63) is 42.1 Å². The van der Waals surface area contributed by atoms with Crippen LogP contribution in [0.4, 0.5) is 0 Å². The number of aliphatic carboxylic acids is 1. The standard InChI is InChI=1S/C28H37N3O10/c1-16(2)24-27(37)30-20(8-5-7-18-11-13-19(39-4)14-12-18)26(36)29-17(3)25(35)31-21(28(38)41-24)15-40-23(34)10-6-9-22(32)33/h11-14,16,20-21,24H,3,5-10,15H2,1-2,4H3,(H,29,36)(H,30,37)(H,31,35)(H,32,33)/t20-,21-,24-/m0/s1. The van der Waals surface area contributed by atoms with Crippen LogP contribution in [-0.2, 0) is 44.7 Å². The van der Waals surface area contributed by atoms with Crippen LogP contribution >= 0.6 is 0 Å². The molecule has 1 heterocycles. The number of methoxy groups -OCH3 is 1. The molecule has 224 valence electrons. The number of esters is 2. The van der Waals surface area contributed by atoms with Crippen molar-refractivity contribution in [1.82, 2.24) is 16.0 Å². The Morgan fingerprint density at radius 1 is 1.00 bits per heavy atom. The molecule has 0 spiro atoms. The number of ether oxygens (including phenoxy) is 3. The number of aryl methyl sites for hydroxylation is 1. The number of hydrogen-bond donors (Lipinski definition) is 4. The number of benzene rings is 1. The van der Waals surface area contributed by atoms with Gasteiger partial charge in [0.05, 0.1) is 12.8 Å². The van der Waals surface area contributed by atoms with Gasteiger partial charge >= 0.3 is 17.9 Å². The van der Waals surface area contributed by atoms with E-state index in [4.69, 9.17) is 19.3 Å². The first-order valence-corrected chi connectivity index (χ1v) is 13.2. The second kappa shape index (κ2) is 16.0. The van der Waals surface area contributed by atoms with Gasteiger partial charge in [0.1, 0.15) is 18.4 Å². The van der Waals surface area contributed by atoms with E-state index >= 15 is 0 Å². The summed E-state index contributed by atoms with van der Waals surface area (Å²) in [5.41, 5.74) is 0.605. The van der Waals surface area contributed by atoms with E-state index in [9.17, 15) is 28.8 Å². The van der Waals surface area contributed by atoms with Gasteiger partial charge in [-0.15, -0.1) is 0 Å². The van der Waals surface area contributed by atoms with Crippen LogP contribution < -0.4 is 20.7 Å². The third kappa shape index (κ3) is 10.9. The Balaban J connectivity index is 2.14. The molecule has 1 aliphatic heterocycles. The second-order valence-electron chi connectivity index (χ2n) is 9.83. The predicted octanol–water partition coefficient (Wildman–Crippen LogP) is 0.997. The number of cyclic esters (lactones) is 1. The summed E-state index contributed by atoms with van der Waals surface area (Å²) < 4.78 is 15.6. The number of hydrogen-bond acceptors (Lipinski definition) is 9. The first-order chi connectivity index (χ1) is 19.4. The van der Waals surface area contributed by atoms with Gasteiger partial charge < -0.3 is 35.3 Å². The lowest BCUT2D eigenvalue weighted by Crippen LogP contribution is -2.56. The summed E-state index contributed by atoms with van der Waals surface area (Å²) in [6.45, 7) is 6.18. The van der Waals surface area contributed by atoms with Crippen LogP contribution in [0.15, 0.2) is 36.5 Å². The molecule has 0 radical (unpaired) electrons. The van der Waals surface area contributed by atoms with Gasteiger partial charge in [-0.25, -0.2) is 4.79 Å². The topological polar surface area (TPSA) is 186 Å². The molecule has 0 aromatic heterocycles. The highest BCUT2D eigenvalue weighted by Gasteiger charge is 2.35. The van der Waals surface area contributed by atoms with Gasteiger partial charge in [-0.1, -0.05) is 32.6 Å². The van der Waals surface area contributed by atoms with E-state index in [-0.39, 0.29) is 25.7 Å². The summed E-state index contributed by atoms with van der Waals surface area (Å²) in [6.07, 6.45) is -0.424. The van der Waals surface area contributed by atoms with E-state index in [2.05, 4.69) is 22.5 Å². The average molecular weight is 576 g/mol. The molecule has 13 nitrogen and oxygen atoms in total. The Labute approximate surface area is 238 Å². The molecule has 41 heavy (non-hydrogen) atoms. The van der Waals surface area contributed by atoms with Gasteiger partial charge in [0.15, 0.2) is 12.1 Å². The second-order valence-corrected chi connectivity index (χ2v) is 9.83. The molecule has 0 unspecified atom stereocenters. The van der Waals surface area contributed by atoms with Crippen molar-refractivity contribution in [2.75, 3.05) is 13.7 Å². The molecule has 0 bridgehead atoms. The van der Waals surface area contributed by atoms with Crippen molar-refractivity contribution >= 4 is 35.6 Å². The molecular weight excluding hydrogens is 538 g/mol. The van der Waals surface area contributed by atoms with E-state index in [0.717, 1.165) is 5.56 Å². The highest BCUT2D eigenvalue weighted by Crippen LogP contribution is 2.15. The summed E-state index contributed by atoms with van der Waals surface area (Å²) in [6, 6.07) is 4.85. The first-order valence-electron chi connectivity index (χ1n) is 13.2. The van der Waals surface area contributed by atoms with Crippen molar-refractivity contribution in [1.29, 1.82) is 0 Å². The monoisotopic (exact) mass is 575 g/mol. The van der Waals surface area contributed by atoms with Gasteiger partial charge in [-0.3, -0.25) is 24.0 Å². The fourth-order valence-corrected chi connectivity index (χ4v) is 3.86. The molecule has 1 aliphatic rings. The van der Waals surface area contributed by atoms with Crippen LogP contribution in [0.5, 0.6) is 5.75 Å². The predicted molar refractivity (Wildman–Crippen MR) is 144 cm³/mol. The highest BCUT2D eigenvalue weighted by molar-refractivity contribution is 6.01. The van der Waals surface area contributed by atoms with Gasteiger partial charge in [0, 0.05) is 12.8 Å². The third-order valence-corrected chi connectivity index (χ3v) is 6.18. The number of carboxylic acid groups (broad SMARTS) is 1. The maximum atomic E-state index is 13.1. The summed E-state index contributed by atoms with van der Waals surface area (Å²) in [4.78, 5) is 74.5. The van der Waals surface area contributed by atoms with Crippen molar-refractivity contribution < 1.29 is 48.1 Å². The van der Waals surface area contributed by atoms with Gasteiger partial charge in [0.25, 0.3) is 11.8 Å². The summed E-state index contributed by atoms with van der Waals surface area (Å²) in [5, 5.41) is 16.0. The van der Waals surface area contributed by atoms with E-state index in [0.29, 0.717) is 18.6 Å². The largest absolute Gasteiger partial charge is 0.497 e. The average Bonchev–Trinajstić information content (AvgIpc) is 2.92. The normalized spacial score (nSPS) is 20.1. The molecule has 3 amide bonds. The minimum Gasteiger partial charge on any atom is -0.497 e. The zero-order chi connectivity index (χ0) is 30.5.